The summed E-state index contributed by atoms with van der Waals surface area (Å²) in [6.07, 6.45) is 0.664. The summed E-state index contributed by atoms with van der Waals surface area (Å²) in [7, 11) is 3.19. The lowest BCUT2D eigenvalue weighted by atomic mass is 10.0. The lowest BCUT2D eigenvalue weighted by Gasteiger charge is -2.19. The molecule has 0 bridgehead atoms. The quantitative estimate of drug-likeness (QED) is 0.763. The summed E-state index contributed by atoms with van der Waals surface area (Å²) < 4.78 is 16.7. The van der Waals surface area contributed by atoms with Gasteiger partial charge in [0, 0.05) is 17.7 Å². The number of nitrogens with two attached hydrogens (primary N) is 2. The zero-order valence-electron chi connectivity index (χ0n) is 14.0. The molecule has 0 heterocycles. The van der Waals surface area contributed by atoms with Crippen molar-refractivity contribution in [1.29, 1.82) is 0 Å². The Morgan fingerprint density at radius 1 is 0.958 bits per heavy atom. The van der Waals surface area contributed by atoms with E-state index in [4.69, 9.17) is 25.7 Å². The Kier molecular flexibility index (Phi) is 8.40. The van der Waals surface area contributed by atoms with Crippen molar-refractivity contribution < 1.29 is 14.2 Å². The average Bonchev–Trinajstić information content (AvgIpc) is 2.60. The molecule has 0 aliphatic carbocycles. The molecule has 0 aliphatic heterocycles. The number of hydrogen-bond donors (Lipinski definition) is 2. The van der Waals surface area contributed by atoms with Crippen LogP contribution < -0.4 is 25.7 Å². The molecule has 1 atom stereocenters. The van der Waals surface area contributed by atoms with E-state index in [1.54, 1.807) is 14.2 Å². The minimum atomic E-state index is -0.217. The summed E-state index contributed by atoms with van der Waals surface area (Å²) >= 11 is 0. The molecule has 5 nitrogen and oxygen atoms in total. The first-order chi connectivity index (χ1) is 11.2. The minimum absolute atomic E-state index is 0. The van der Waals surface area contributed by atoms with Gasteiger partial charge < -0.3 is 25.7 Å². The Labute approximate surface area is 149 Å². The van der Waals surface area contributed by atoms with E-state index in [2.05, 4.69) is 0 Å². The molecule has 2 rings (SSSR count). The normalized spacial score (nSPS) is 11.3. The number of halogens is 1. The largest absolute Gasteiger partial charge is 0.493 e. The number of ether oxygens (including phenoxy) is 3. The molecule has 132 valence electrons. The second-order valence-electron chi connectivity index (χ2n) is 5.20. The van der Waals surface area contributed by atoms with Gasteiger partial charge in [-0.1, -0.05) is 30.3 Å². The van der Waals surface area contributed by atoms with Crippen LogP contribution in [0.2, 0.25) is 0 Å². The number of rotatable bonds is 8. The Hall–Kier alpha value is -1.95. The molecule has 0 spiro atoms. The predicted molar refractivity (Wildman–Crippen MR) is 98.2 cm³/mol. The summed E-state index contributed by atoms with van der Waals surface area (Å²) in [6.45, 7) is 0.965. The first-order valence-electron chi connectivity index (χ1n) is 7.57. The molecule has 6 heteroatoms. The maximum Gasteiger partial charge on any atom is 0.164 e. The fourth-order valence-electron chi connectivity index (χ4n) is 2.36. The molecule has 0 unspecified atom stereocenters. The Bertz CT molecular complexity index is 623. The van der Waals surface area contributed by atoms with Crippen molar-refractivity contribution in [3.8, 4) is 17.2 Å². The maximum atomic E-state index is 6.23. The van der Waals surface area contributed by atoms with Gasteiger partial charge in [0.05, 0.1) is 14.2 Å². The van der Waals surface area contributed by atoms with Gasteiger partial charge in [-0.15, -0.1) is 12.4 Å². The third kappa shape index (κ3) is 5.03. The van der Waals surface area contributed by atoms with Gasteiger partial charge in [0.15, 0.2) is 11.5 Å². The molecule has 4 N–H and O–H groups in total. The van der Waals surface area contributed by atoms with Crippen molar-refractivity contribution in [1.82, 2.24) is 0 Å². The average molecular weight is 353 g/mol. The predicted octanol–water partition coefficient (Wildman–Crippen LogP) is 3.05. The van der Waals surface area contributed by atoms with Gasteiger partial charge in [-0.25, -0.2) is 0 Å². The lowest BCUT2D eigenvalue weighted by molar-refractivity contribution is 0.294. The summed E-state index contributed by atoms with van der Waals surface area (Å²) in [6, 6.07) is 13.4. The fraction of sp³-hybridized carbons (Fsp3) is 0.333. The number of hydrogen-bond acceptors (Lipinski definition) is 5. The number of methoxy groups -OCH3 is 2. The smallest absolute Gasteiger partial charge is 0.164 e. The van der Waals surface area contributed by atoms with Gasteiger partial charge >= 0.3 is 0 Å². The van der Waals surface area contributed by atoms with Gasteiger partial charge in [0.1, 0.15) is 12.4 Å². The zero-order chi connectivity index (χ0) is 16.7. The van der Waals surface area contributed by atoms with Crippen LogP contribution in [0.4, 0.5) is 0 Å². The summed E-state index contributed by atoms with van der Waals surface area (Å²) in [5.41, 5.74) is 13.8. The van der Waals surface area contributed by atoms with E-state index in [9.17, 15) is 0 Å². The van der Waals surface area contributed by atoms with Crippen LogP contribution in [0.1, 0.15) is 23.6 Å². The SMILES string of the molecule is COc1cc(OCc2ccccc2)c([C@@H](N)CCN)cc1OC.Cl. The van der Waals surface area contributed by atoms with Crippen LogP contribution in [-0.2, 0) is 6.61 Å². The van der Waals surface area contributed by atoms with Crippen molar-refractivity contribution >= 4 is 12.4 Å². The molecule has 0 aromatic heterocycles. The first kappa shape index (κ1) is 20.1. The fourth-order valence-corrected chi connectivity index (χ4v) is 2.36. The molecule has 0 radical (unpaired) electrons. The zero-order valence-corrected chi connectivity index (χ0v) is 14.8. The summed E-state index contributed by atoms with van der Waals surface area (Å²) in [5, 5.41) is 0. The molecule has 0 saturated carbocycles. The molecule has 0 saturated heterocycles. The Morgan fingerprint density at radius 2 is 1.58 bits per heavy atom. The van der Waals surface area contributed by atoms with Crippen molar-refractivity contribution in [2.24, 2.45) is 11.5 Å². The monoisotopic (exact) mass is 352 g/mol. The molecule has 0 fully saturated rings. The molecular formula is C18H25ClN2O3. The summed E-state index contributed by atoms with van der Waals surface area (Å²) in [5.74, 6) is 1.92. The van der Waals surface area contributed by atoms with E-state index in [1.165, 1.54) is 0 Å². The van der Waals surface area contributed by atoms with Gasteiger partial charge in [-0.2, -0.15) is 0 Å². The highest BCUT2D eigenvalue weighted by Gasteiger charge is 2.17. The molecular weight excluding hydrogens is 328 g/mol. The maximum absolute atomic E-state index is 6.23. The molecule has 2 aromatic carbocycles. The number of benzene rings is 2. The van der Waals surface area contributed by atoms with E-state index in [0.717, 1.165) is 11.1 Å². The van der Waals surface area contributed by atoms with E-state index in [-0.39, 0.29) is 18.4 Å². The lowest BCUT2D eigenvalue weighted by Crippen LogP contribution is -2.16. The van der Waals surface area contributed by atoms with E-state index in [1.807, 2.05) is 42.5 Å². The molecule has 0 amide bonds. The highest BCUT2D eigenvalue weighted by molar-refractivity contribution is 5.85. The van der Waals surface area contributed by atoms with Crippen LogP contribution in [-0.4, -0.2) is 20.8 Å². The van der Waals surface area contributed by atoms with Crippen LogP contribution in [0, 0.1) is 0 Å². The van der Waals surface area contributed by atoms with E-state index in [0.29, 0.717) is 36.8 Å². The minimum Gasteiger partial charge on any atom is -0.493 e. The Morgan fingerprint density at radius 3 is 2.17 bits per heavy atom. The van der Waals surface area contributed by atoms with Crippen molar-refractivity contribution in [3.05, 3.63) is 53.6 Å². The van der Waals surface area contributed by atoms with Crippen LogP contribution in [0.15, 0.2) is 42.5 Å². The van der Waals surface area contributed by atoms with Gasteiger partial charge in [-0.3, -0.25) is 0 Å². The first-order valence-corrected chi connectivity index (χ1v) is 7.57. The highest BCUT2D eigenvalue weighted by Crippen LogP contribution is 2.38. The van der Waals surface area contributed by atoms with Crippen LogP contribution in [0.25, 0.3) is 0 Å². The van der Waals surface area contributed by atoms with Crippen molar-refractivity contribution in [2.45, 2.75) is 19.1 Å². The summed E-state index contributed by atoms with van der Waals surface area (Å²) in [4.78, 5) is 0. The third-order valence-corrected chi connectivity index (χ3v) is 3.63. The highest BCUT2D eigenvalue weighted by atomic mass is 35.5. The molecule has 0 aliphatic rings. The second kappa shape index (κ2) is 10.0. The third-order valence-electron chi connectivity index (χ3n) is 3.63. The van der Waals surface area contributed by atoms with Gasteiger partial charge in [-0.05, 0) is 24.6 Å². The Balaban J connectivity index is 0.00000288. The van der Waals surface area contributed by atoms with Crippen LogP contribution in [0.3, 0.4) is 0 Å². The molecule has 24 heavy (non-hydrogen) atoms. The van der Waals surface area contributed by atoms with E-state index < -0.39 is 0 Å². The van der Waals surface area contributed by atoms with E-state index >= 15 is 0 Å². The van der Waals surface area contributed by atoms with Crippen molar-refractivity contribution in [3.63, 3.8) is 0 Å². The van der Waals surface area contributed by atoms with Crippen LogP contribution >= 0.6 is 12.4 Å². The standard InChI is InChI=1S/C18H24N2O3.ClH/c1-21-17-10-14(15(20)8-9-19)16(11-18(17)22-2)23-12-13-6-4-3-5-7-13;/h3-7,10-11,15H,8-9,12,19-20H2,1-2H3;1H/t15-;/m0./s1. The van der Waals surface area contributed by atoms with Gasteiger partial charge in [0.25, 0.3) is 0 Å². The topological polar surface area (TPSA) is 79.7 Å². The molecule has 2 aromatic rings. The van der Waals surface area contributed by atoms with Crippen molar-refractivity contribution in [2.75, 3.05) is 20.8 Å². The van der Waals surface area contributed by atoms with Gasteiger partial charge in [0.2, 0.25) is 0 Å². The van der Waals surface area contributed by atoms with Crippen LogP contribution in [0.5, 0.6) is 17.2 Å². The second-order valence-corrected chi connectivity index (χ2v) is 5.20.